The van der Waals surface area contributed by atoms with Crippen molar-refractivity contribution in [3.63, 3.8) is 0 Å². The zero-order valence-corrected chi connectivity index (χ0v) is 11.5. The molecule has 3 N–H and O–H groups in total. The highest BCUT2D eigenvalue weighted by Gasteiger charge is 2.20. The summed E-state index contributed by atoms with van der Waals surface area (Å²) in [6.07, 6.45) is 4.66. The van der Waals surface area contributed by atoms with Crippen LogP contribution >= 0.6 is 12.4 Å². The highest BCUT2D eigenvalue weighted by atomic mass is 35.5. The molecule has 2 aromatic rings. The molecule has 1 aromatic carbocycles. The lowest BCUT2D eigenvalue weighted by Crippen LogP contribution is -2.29. The number of hydrogen-bond donors (Lipinski definition) is 2. The standard InChI is InChI=1S/C14H19N3.ClH/c1-17-6-4-10(5-7-17)13-9-16-14-3-2-11(15)8-12(13)14;/h2-3,8-10,16H,4-7,15H2,1H3;1H. The summed E-state index contributed by atoms with van der Waals surface area (Å²) in [6, 6.07) is 6.12. The summed E-state index contributed by atoms with van der Waals surface area (Å²) in [4.78, 5) is 5.76. The van der Waals surface area contributed by atoms with Gasteiger partial charge in [-0.05, 0) is 62.7 Å². The third kappa shape index (κ3) is 2.33. The van der Waals surface area contributed by atoms with Crippen LogP contribution in [-0.2, 0) is 0 Å². The van der Waals surface area contributed by atoms with E-state index in [-0.39, 0.29) is 12.4 Å². The highest BCUT2D eigenvalue weighted by molar-refractivity contribution is 5.86. The molecular formula is C14H20ClN3. The number of nitrogen functional groups attached to an aromatic ring is 1. The number of anilines is 1. The number of nitrogens with one attached hydrogen (secondary N) is 1. The maximum Gasteiger partial charge on any atom is 0.0458 e. The number of piperidine rings is 1. The fourth-order valence-corrected chi connectivity index (χ4v) is 2.82. The second kappa shape index (κ2) is 5.21. The van der Waals surface area contributed by atoms with Crippen LogP contribution in [0.1, 0.15) is 24.3 Å². The van der Waals surface area contributed by atoms with Crippen molar-refractivity contribution >= 4 is 29.0 Å². The molecular weight excluding hydrogens is 246 g/mol. The molecule has 18 heavy (non-hydrogen) atoms. The Balaban J connectivity index is 0.00000120. The van der Waals surface area contributed by atoms with Crippen molar-refractivity contribution in [1.29, 1.82) is 0 Å². The number of benzene rings is 1. The van der Waals surface area contributed by atoms with E-state index < -0.39 is 0 Å². The normalized spacial score (nSPS) is 17.8. The van der Waals surface area contributed by atoms with E-state index in [9.17, 15) is 0 Å². The van der Waals surface area contributed by atoms with Crippen molar-refractivity contribution < 1.29 is 0 Å². The molecule has 1 fully saturated rings. The zero-order chi connectivity index (χ0) is 11.8. The van der Waals surface area contributed by atoms with Gasteiger partial charge in [-0.1, -0.05) is 0 Å². The predicted molar refractivity (Wildman–Crippen MR) is 79.4 cm³/mol. The molecule has 0 aliphatic carbocycles. The smallest absolute Gasteiger partial charge is 0.0458 e. The van der Waals surface area contributed by atoms with Crippen molar-refractivity contribution in [3.8, 4) is 0 Å². The second-order valence-electron chi connectivity index (χ2n) is 5.13. The van der Waals surface area contributed by atoms with Crippen molar-refractivity contribution in [2.45, 2.75) is 18.8 Å². The minimum absolute atomic E-state index is 0. The van der Waals surface area contributed by atoms with Crippen molar-refractivity contribution in [2.24, 2.45) is 0 Å². The Morgan fingerprint density at radius 1 is 1.28 bits per heavy atom. The predicted octanol–water partition coefficient (Wildman–Crippen LogP) is 2.98. The molecule has 98 valence electrons. The Morgan fingerprint density at radius 2 is 2.00 bits per heavy atom. The molecule has 0 saturated carbocycles. The summed E-state index contributed by atoms with van der Waals surface area (Å²) in [5.74, 6) is 0.682. The minimum atomic E-state index is 0. The molecule has 2 heterocycles. The van der Waals surface area contributed by atoms with Gasteiger partial charge in [0.2, 0.25) is 0 Å². The van der Waals surface area contributed by atoms with E-state index in [0.29, 0.717) is 5.92 Å². The summed E-state index contributed by atoms with van der Waals surface area (Å²) in [7, 11) is 2.20. The first-order valence-corrected chi connectivity index (χ1v) is 6.29. The first-order valence-electron chi connectivity index (χ1n) is 6.29. The lowest BCUT2D eigenvalue weighted by molar-refractivity contribution is 0.256. The number of rotatable bonds is 1. The van der Waals surface area contributed by atoms with Crippen LogP contribution in [0.5, 0.6) is 0 Å². The molecule has 1 aliphatic heterocycles. The average Bonchev–Trinajstić information content (AvgIpc) is 2.73. The van der Waals surface area contributed by atoms with Crippen LogP contribution in [0.15, 0.2) is 24.4 Å². The summed E-state index contributed by atoms with van der Waals surface area (Å²) in [5, 5.41) is 1.31. The number of aromatic amines is 1. The fraction of sp³-hybridized carbons (Fsp3) is 0.429. The van der Waals surface area contributed by atoms with E-state index in [1.54, 1.807) is 0 Å². The van der Waals surface area contributed by atoms with Crippen molar-refractivity contribution in [3.05, 3.63) is 30.0 Å². The first kappa shape index (κ1) is 13.2. The van der Waals surface area contributed by atoms with Crippen LogP contribution in [0.4, 0.5) is 5.69 Å². The number of fused-ring (bicyclic) bond motifs is 1. The fourth-order valence-electron chi connectivity index (χ4n) is 2.82. The molecule has 3 rings (SSSR count). The number of halogens is 1. The lowest BCUT2D eigenvalue weighted by atomic mass is 9.89. The summed E-state index contributed by atoms with van der Waals surface area (Å²) >= 11 is 0. The number of nitrogens with two attached hydrogens (primary N) is 1. The third-order valence-corrected chi connectivity index (χ3v) is 3.90. The van der Waals surface area contributed by atoms with Gasteiger partial charge in [-0.3, -0.25) is 0 Å². The van der Waals surface area contributed by atoms with E-state index in [1.165, 1.54) is 42.4 Å². The quantitative estimate of drug-likeness (QED) is 0.779. The van der Waals surface area contributed by atoms with Gasteiger partial charge in [-0.2, -0.15) is 0 Å². The Morgan fingerprint density at radius 3 is 2.72 bits per heavy atom. The molecule has 0 bridgehead atoms. The van der Waals surface area contributed by atoms with Crippen LogP contribution < -0.4 is 5.73 Å². The molecule has 1 aliphatic rings. The van der Waals surface area contributed by atoms with E-state index >= 15 is 0 Å². The number of aromatic nitrogens is 1. The van der Waals surface area contributed by atoms with Crippen LogP contribution in [-0.4, -0.2) is 30.0 Å². The lowest BCUT2D eigenvalue weighted by Gasteiger charge is -2.28. The van der Waals surface area contributed by atoms with Crippen molar-refractivity contribution in [1.82, 2.24) is 9.88 Å². The Bertz CT molecular complexity index is 527. The van der Waals surface area contributed by atoms with E-state index in [2.05, 4.69) is 35.3 Å². The summed E-state index contributed by atoms with van der Waals surface area (Å²) in [5.41, 5.74) is 9.38. The van der Waals surface area contributed by atoms with Gasteiger partial charge < -0.3 is 15.6 Å². The van der Waals surface area contributed by atoms with Crippen LogP contribution in [0.2, 0.25) is 0 Å². The number of hydrogen-bond acceptors (Lipinski definition) is 2. The molecule has 0 spiro atoms. The number of H-pyrrole nitrogens is 1. The third-order valence-electron chi connectivity index (χ3n) is 3.90. The zero-order valence-electron chi connectivity index (χ0n) is 10.6. The maximum atomic E-state index is 5.88. The van der Waals surface area contributed by atoms with Gasteiger partial charge in [0.15, 0.2) is 0 Å². The van der Waals surface area contributed by atoms with E-state index in [4.69, 9.17) is 5.73 Å². The largest absolute Gasteiger partial charge is 0.399 e. The van der Waals surface area contributed by atoms with Crippen LogP contribution in [0.3, 0.4) is 0 Å². The Hall–Kier alpha value is -1.19. The Kier molecular flexibility index (Phi) is 3.83. The van der Waals surface area contributed by atoms with Gasteiger partial charge in [0, 0.05) is 22.8 Å². The van der Waals surface area contributed by atoms with Gasteiger partial charge >= 0.3 is 0 Å². The van der Waals surface area contributed by atoms with Crippen molar-refractivity contribution in [2.75, 3.05) is 25.9 Å². The first-order chi connectivity index (χ1) is 8.24. The summed E-state index contributed by atoms with van der Waals surface area (Å²) < 4.78 is 0. The topological polar surface area (TPSA) is 45.0 Å². The SMILES string of the molecule is CN1CCC(c2c[nH]c3ccc(N)cc23)CC1.Cl. The van der Waals surface area contributed by atoms with Gasteiger partial charge in [0.25, 0.3) is 0 Å². The monoisotopic (exact) mass is 265 g/mol. The maximum absolute atomic E-state index is 5.88. The van der Waals surface area contributed by atoms with Gasteiger partial charge in [-0.25, -0.2) is 0 Å². The highest BCUT2D eigenvalue weighted by Crippen LogP contribution is 2.33. The van der Waals surface area contributed by atoms with Crippen LogP contribution in [0, 0.1) is 0 Å². The van der Waals surface area contributed by atoms with Gasteiger partial charge in [0.05, 0.1) is 0 Å². The van der Waals surface area contributed by atoms with E-state index in [0.717, 1.165) is 5.69 Å². The van der Waals surface area contributed by atoms with Crippen LogP contribution in [0.25, 0.3) is 10.9 Å². The molecule has 1 saturated heterocycles. The molecule has 1 aromatic heterocycles. The molecule has 0 unspecified atom stereocenters. The Labute approximate surface area is 114 Å². The molecule has 4 heteroatoms. The molecule has 0 atom stereocenters. The summed E-state index contributed by atoms with van der Waals surface area (Å²) in [6.45, 7) is 2.39. The molecule has 0 radical (unpaired) electrons. The molecule has 0 amide bonds. The van der Waals surface area contributed by atoms with Gasteiger partial charge in [0.1, 0.15) is 0 Å². The average molecular weight is 266 g/mol. The van der Waals surface area contributed by atoms with E-state index in [1.807, 2.05) is 6.07 Å². The second-order valence-corrected chi connectivity index (χ2v) is 5.13. The van der Waals surface area contributed by atoms with Gasteiger partial charge in [-0.15, -0.1) is 12.4 Å². The minimum Gasteiger partial charge on any atom is -0.399 e. The molecule has 3 nitrogen and oxygen atoms in total. The number of likely N-dealkylation sites (tertiary alicyclic amines) is 1. The number of nitrogens with zero attached hydrogens (tertiary/aromatic N) is 1.